The van der Waals surface area contributed by atoms with Gasteiger partial charge >= 0.3 is 5.97 Å². The standard InChI is InChI=1S/C12H16O5/c1-3-4-5-6-8-7-9(11(14)17-8)10(13)12(15)16-2/h7,14H,3-6H2,1-2H3. The summed E-state index contributed by atoms with van der Waals surface area (Å²) in [4.78, 5) is 22.5. The Morgan fingerprint density at radius 1 is 1.41 bits per heavy atom. The van der Waals surface area contributed by atoms with Crippen LogP contribution >= 0.6 is 0 Å². The molecule has 0 aliphatic rings. The van der Waals surface area contributed by atoms with Crippen LogP contribution in [-0.4, -0.2) is 24.0 Å². The number of ketones is 1. The van der Waals surface area contributed by atoms with Crippen LogP contribution in [0.5, 0.6) is 5.95 Å². The summed E-state index contributed by atoms with van der Waals surface area (Å²) in [5.41, 5.74) is -0.136. The molecule has 5 heteroatoms. The van der Waals surface area contributed by atoms with E-state index in [0.29, 0.717) is 12.2 Å². The number of carbonyl (C=O) groups is 2. The summed E-state index contributed by atoms with van der Waals surface area (Å²) in [6.45, 7) is 2.08. The molecule has 0 saturated carbocycles. The topological polar surface area (TPSA) is 76.7 Å². The van der Waals surface area contributed by atoms with Gasteiger partial charge in [0.1, 0.15) is 11.3 Å². The number of esters is 1. The zero-order valence-corrected chi connectivity index (χ0v) is 9.99. The van der Waals surface area contributed by atoms with Gasteiger partial charge in [-0.25, -0.2) is 4.79 Å². The average Bonchev–Trinajstić information content (AvgIpc) is 2.69. The molecule has 0 atom stereocenters. The molecule has 0 radical (unpaired) electrons. The Hall–Kier alpha value is -1.78. The van der Waals surface area contributed by atoms with Gasteiger partial charge in [0.2, 0.25) is 0 Å². The molecule has 0 saturated heterocycles. The van der Waals surface area contributed by atoms with Crippen molar-refractivity contribution in [2.45, 2.75) is 32.6 Å². The first-order valence-electron chi connectivity index (χ1n) is 5.54. The molecule has 0 aliphatic carbocycles. The molecule has 17 heavy (non-hydrogen) atoms. The lowest BCUT2D eigenvalue weighted by Gasteiger charge is -1.94. The number of unbranched alkanes of at least 4 members (excludes halogenated alkanes) is 2. The quantitative estimate of drug-likeness (QED) is 0.356. The van der Waals surface area contributed by atoms with Crippen LogP contribution in [-0.2, 0) is 16.0 Å². The Bertz CT molecular complexity index is 405. The number of Topliss-reactive ketones (excluding diaryl/α,β-unsaturated/α-hetero) is 1. The second kappa shape index (κ2) is 6.08. The van der Waals surface area contributed by atoms with Crippen molar-refractivity contribution in [1.82, 2.24) is 0 Å². The third-order valence-corrected chi connectivity index (χ3v) is 2.41. The third kappa shape index (κ3) is 3.34. The van der Waals surface area contributed by atoms with Crippen LogP contribution < -0.4 is 0 Å². The van der Waals surface area contributed by atoms with Gasteiger partial charge in [0, 0.05) is 6.42 Å². The predicted molar refractivity (Wildman–Crippen MR) is 59.9 cm³/mol. The molecule has 0 aliphatic heterocycles. The number of aromatic hydroxyl groups is 1. The molecule has 94 valence electrons. The molecule has 0 fully saturated rings. The highest BCUT2D eigenvalue weighted by Gasteiger charge is 2.24. The van der Waals surface area contributed by atoms with E-state index in [2.05, 4.69) is 11.7 Å². The van der Waals surface area contributed by atoms with E-state index in [1.165, 1.54) is 6.07 Å². The minimum atomic E-state index is -1.01. The largest absolute Gasteiger partial charge is 0.480 e. The number of hydrogen-bond donors (Lipinski definition) is 1. The maximum absolute atomic E-state index is 11.4. The van der Waals surface area contributed by atoms with Gasteiger partial charge in [0.15, 0.2) is 0 Å². The van der Waals surface area contributed by atoms with Crippen LogP contribution in [0, 0.1) is 0 Å². The zero-order valence-electron chi connectivity index (χ0n) is 9.99. The Morgan fingerprint density at radius 3 is 2.71 bits per heavy atom. The summed E-state index contributed by atoms with van der Waals surface area (Å²) >= 11 is 0. The number of rotatable bonds is 6. The van der Waals surface area contributed by atoms with Crippen LogP contribution in [0.25, 0.3) is 0 Å². The number of methoxy groups -OCH3 is 1. The Balaban J connectivity index is 2.74. The number of aryl methyl sites for hydroxylation is 1. The average molecular weight is 240 g/mol. The minimum Gasteiger partial charge on any atom is -0.480 e. The summed E-state index contributed by atoms with van der Waals surface area (Å²) < 4.78 is 9.29. The zero-order chi connectivity index (χ0) is 12.8. The summed E-state index contributed by atoms with van der Waals surface area (Å²) in [7, 11) is 1.11. The van der Waals surface area contributed by atoms with Crippen molar-refractivity contribution < 1.29 is 23.8 Å². The Labute approximate surface area is 99.4 Å². The van der Waals surface area contributed by atoms with Gasteiger partial charge in [-0.05, 0) is 12.5 Å². The SMILES string of the molecule is CCCCCc1cc(C(=O)C(=O)OC)c(O)o1. The molecule has 1 N–H and O–H groups in total. The van der Waals surface area contributed by atoms with Crippen LogP contribution in [0.3, 0.4) is 0 Å². The Kier molecular flexibility index (Phi) is 4.75. The molecule has 0 aromatic carbocycles. The first-order chi connectivity index (χ1) is 8.10. The van der Waals surface area contributed by atoms with E-state index in [1.54, 1.807) is 0 Å². The van der Waals surface area contributed by atoms with Gasteiger partial charge in [0.25, 0.3) is 11.7 Å². The summed E-state index contributed by atoms with van der Waals surface area (Å²) in [5.74, 6) is -1.92. The van der Waals surface area contributed by atoms with Crippen molar-refractivity contribution in [3.05, 3.63) is 17.4 Å². The van der Waals surface area contributed by atoms with Gasteiger partial charge in [-0.3, -0.25) is 4.79 Å². The highest BCUT2D eigenvalue weighted by atomic mass is 16.5. The van der Waals surface area contributed by atoms with Crippen LogP contribution in [0.2, 0.25) is 0 Å². The smallest absolute Gasteiger partial charge is 0.379 e. The first kappa shape index (κ1) is 13.3. The Morgan fingerprint density at radius 2 is 2.12 bits per heavy atom. The maximum atomic E-state index is 11.4. The lowest BCUT2D eigenvalue weighted by Crippen LogP contribution is -2.14. The fraction of sp³-hybridized carbons (Fsp3) is 0.500. The van der Waals surface area contributed by atoms with Crippen molar-refractivity contribution in [1.29, 1.82) is 0 Å². The van der Waals surface area contributed by atoms with E-state index in [0.717, 1.165) is 26.4 Å². The van der Waals surface area contributed by atoms with Gasteiger partial charge in [-0.15, -0.1) is 0 Å². The fourth-order valence-corrected chi connectivity index (χ4v) is 1.47. The molecule has 0 spiro atoms. The van der Waals surface area contributed by atoms with Gasteiger partial charge in [0.05, 0.1) is 7.11 Å². The third-order valence-electron chi connectivity index (χ3n) is 2.41. The van der Waals surface area contributed by atoms with Crippen molar-refractivity contribution in [2.75, 3.05) is 7.11 Å². The second-order valence-electron chi connectivity index (χ2n) is 3.71. The highest BCUT2D eigenvalue weighted by Crippen LogP contribution is 2.24. The van der Waals surface area contributed by atoms with Crippen LogP contribution in [0.1, 0.15) is 42.3 Å². The van der Waals surface area contributed by atoms with E-state index in [-0.39, 0.29) is 5.56 Å². The normalized spacial score (nSPS) is 10.2. The highest BCUT2D eigenvalue weighted by molar-refractivity contribution is 6.41. The van der Waals surface area contributed by atoms with E-state index >= 15 is 0 Å². The first-order valence-corrected chi connectivity index (χ1v) is 5.54. The summed E-state index contributed by atoms with van der Waals surface area (Å²) in [6.07, 6.45) is 3.66. The molecular formula is C12H16O5. The van der Waals surface area contributed by atoms with Crippen molar-refractivity contribution in [3.8, 4) is 5.95 Å². The number of furan rings is 1. The lowest BCUT2D eigenvalue weighted by atomic mass is 10.1. The van der Waals surface area contributed by atoms with Crippen molar-refractivity contribution >= 4 is 11.8 Å². The van der Waals surface area contributed by atoms with E-state index < -0.39 is 17.7 Å². The lowest BCUT2D eigenvalue weighted by molar-refractivity contribution is -0.135. The maximum Gasteiger partial charge on any atom is 0.379 e. The number of carbonyl (C=O) groups excluding carboxylic acids is 2. The van der Waals surface area contributed by atoms with Crippen molar-refractivity contribution in [3.63, 3.8) is 0 Å². The minimum absolute atomic E-state index is 0.136. The molecule has 1 rings (SSSR count). The molecule has 1 aromatic heterocycles. The number of ether oxygens (including phenoxy) is 1. The molecule has 0 amide bonds. The van der Waals surface area contributed by atoms with Gasteiger partial charge < -0.3 is 14.3 Å². The molecule has 0 bridgehead atoms. The van der Waals surface area contributed by atoms with Gasteiger partial charge in [-0.2, -0.15) is 0 Å². The summed E-state index contributed by atoms with van der Waals surface area (Å²) in [5, 5.41) is 9.41. The fourth-order valence-electron chi connectivity index (χ4n) is 1.47. The predicted octanol–water partition coefficient (Wildman–Crippen LogP) is 2.07. The van der Waals surface area contributed by atoms with Gasteiger partial charge in [-0.1, -0.05) is 19.8 Å². The van der Waals surface area contributed by atoms with Crippen molar-refractivity contribution in [2.24, 2.45) is 0 Å². The molecule has 1 heterocycles. The summed E-state index contributed by atoms with van der Waals surface area (Å²) in [6, 6.07) is 1.39. The van der Waals surface area contributed by atoms with E-state index in [9.17, 15) is 14.7 Å². The molecule has 1 aromatic rings. The van der Waals surface area contributed by atoms with Crippen LogP contribution in [0.4, 0.5) is 0 Å². The molecular weight excluding hydrogens is 224 g/mol. The van der Waals surface area contributed by atoms with Crippen LogP contribution in [0.15, 0.2) is 10.5 Å². The number of hydrogen-bond acceptors (Lipinski definition) is 5. The molecule has 5 nitrogen and oxygen atoms in total. The molecule has 0 unspecified atom stereocenters. The van der Waals surface area contributed by atoms with E-state index in [1.807, 2.05) is 0 Å². The second-order valence-corrected chi connectivity index (χ2v) is 3.71. The monoisotopic (exact) mass is 240 g/mol. The van der Waals surface area contributed by atoms with E-state index in [4.69, 9.17) is 4.42 Å².